The monoisotopic (exact) mass is 324 g/mol. The second-order valence-electron chi connectivity index (χ2n) is 4.85. The molecule has 0 aliphatic heterocycles. The van der Waals surface area contributed by atoms with Gasteiger partial charge in [-0.25, -0.2) is 0 Å². The summed E-state index contributed by atoms with van der Waals surface area (Å²) in [5.41, 5.74) is 1.17. The smallest absolute Gasteiger partial charge is 0.308 e. The van der Waals surface area contributed by atoms with Crippen LogP contribution in [0.4, 0.5) is 5.69 Å². The number of rotatable bonds is 6. The summed E-state index contributed by atoms with van der Waals surface area (Å²) >= 11 is 3.30. The van der Waals surface area contributed by atoms with Gasteiger partial charge in [-0.1, -0.05) is 29.8 Å². The van der Waals surface area contributed by atoms with Crippen LogP contribution in [-0.2, 0) is 4.79 Å². The summed E-state index contributed by atoms with van der Waals surface area (Å²) in [5.74, 6) is -0.935. The highest BCUT2D eigenvalue weighted by Gasteiger charge is 2.19. The molecule has 2 N–H and O–H groups in total. The van der Waals surface area contributed by atoms with Crippen LogP contribution in [0.25, 0.3) is 0 Å². The molecule has 0 aromatic heterocycles. The van der Waals surface area contributed by atoms with E-state index in [-0.39, 0.29) is 0 Å². The van der Waals surface area contributed by atoms with Crippen LogP contribution in [0.3, 0.4) is 0 Å². The Morgan fingerprint density at radius 2 is 2.21 bits per heavy atom. The number of nitriles is 1. The molecule has 4 nitrogen and oxygen atoms in total. The van der Waals surface area contributed by atoms with Crippen LogP contribution in [0, 0.1) is 23.2 Å². The Morgan fingerprint density at radius 1 is 1.53 bits per heavy atom. The van der Waals surface area contributed by atoms with Crippen LogP contribution < -0.4 is 5.32 Å². The molecule has 1 atom stereocenters. The summed E-state index contributed by atoms with van der Waals surface area (Å²) in [4.78, 5) is 11.2. The minimum Gasteiger partial charge on any atom is -0.481 e. The Balaban J connectivity index is 2.74. The maximum atomic E-state index is 11.2. The lowest BCUT2D eigenvalue weighted by Gasteiger charge is -2.16. The van der Waals surface area contributed by atoms with E-state index >= 15 is 0 Å². The molecule has 1 rings (SSSR count). The number of anilines is 1. The Hall–Kier alpha value is -1.54. The molecule has 0 heterocycles. The number of carboxylic acids is 1. The number of nitrogens with one attached hydrogen (secondary N) is 1. The van der Waals surface area contributed by atoms with E-state index in [1.54, 1.807) is 12.1 Å². The molecule has 0 spiro atoms. The van der Waals surface area contributed by atoms with Gasteiger partial charge in [0.15, 0.2) is 0 Å². The van der Waals surface area contributed by atoms with Gasteiger partial charge in [0, 0.05) is 11.0 Å². The molecule has 0 amide bonds. The summed E-state index contributed by atoms with van der Waals surface area (Å²) in [7, 11) is 0. The van der Waals surface area contributed by atoms with Gasteiger partial charge in [0.2, 0.25) is 0 Å². The van der Waals surface area contributed by atoms with Gasteiger partial charge in [0.25, 0.3) is 0 Å². The number of hydrogen-bond acceptors (Lipinski definition) is 3. The Kier molecular flexibility index (Phi) is 5.84. The maximum absolute atomic E-state index is 11.2. The standard InChI is InChI=1S/C14H17BrN2O2/c1-9(2)5-11(14(18)19)8-17-13-4-3-12(15)6-10(13)7-16/h3-4,6,9,11,17H,5,8H2,1-2H3,(H,18,19). The van der Waals surface area contributed by atoms with Gasteiger partial charge in [0.05, 0.1) is 17.2 Å². The van der Waals surface area contributed by atoms with Crippen molar-refractivity contribution in [2.24, 2.45) is 11.8 Å². The minimum atomic E-state index is -0.809. The lowest BCUT2D eigenvalue weighted by atomic mass is 9.97. The van der Waals surface area contributed by atoms with Crippen LogP contribution >= 0.6 is 15.9 Å². The summed E-state index contributed by atoms with van der Waals surface area (Å²) in [6.07, 6.45) is 0.612. The molecule has 0 fully saturated rings. The quantitative estimate of drug-likeness (QED) is 0.840. The normalized spacial score (nSPS) is 11.9. The SMILES string of the molecule is CC(C)CC(CNc1ccc(Br)cc1C#N)C(=O)O. The van der Waals surface area contributed by atoms with E-state index in [1.165, 1.54) is 0 Å². The van der Waals surface area contributed by atoms with Gasteiger partial charge in [-0.3, -0.25) is 4.79 Å². The third-order valence-corrected chi connectivity index (χ3v) is 3.24. The van der Waals surface area contributed by atoms with Gasteiger partial charge in [-0.15, -0.1) is 0 Å². The van der Waals surface area contributed by atoms with Gasteiger partial charge < -0.3 is 10.4 Å². The van der Waals surface area contributed by atoms with Gasteiger partial charge >= 0.3 is 5.97 Å². The highest BCUT2D eigenvalue weighted by molar-refractivity contribution is 9.10. The first-order chi connectivity index (χ1) is 8.93. The third kappa shape index (κ3) is 4.92. The van der Waals surface area contributed by atoms with Crippen molar-refractivity contribution in [3.8, 4) is 6.07 Å². The number of benzene rings is 1. The Morgan fingerprint density at radius 3 is 2.74 bits per heavy atom. The summed E-state index contributed by atoms with van der Waals surface area (Å²) in [6.45, 7) is 4.32. The van der Waals surface area contributed by atoms with Crippen molar-refractivity contribution in [1.29, 1.82) is 5.26 Å². The van der Waals surface area contributed by atoms with Gasteiger partial charge in [0.1, 0.15) is 6.07 Å². The fraction of sp³-hybridized carbons (Fsp3) is 0.429. The zero-order chi connectivity index (χ0) is 14.4. The molecule has 0 bridgehead atoms. The third-order valence-electron chi connectivity index (χ3n) is 2.75. The largest absolute Gasteiger partial charge is 0.481 e. The van der Waals surface area contributed by atoms with E-state index in [0.29, 0.717) is 30.1 Å². The van der Waals surface area contributed by atoms with Crippen molar-refractivity contribution >= 4 is 27.6 Å². The summed E-state index contributed by atoms with van der Waals surface area (Å²) in [5, 5.41) is 21.2. The fourth-order valence-corrected chi connectivity index (χ4v) is 2.20. The van der Waals surface area contributed by atoms with E-state index in [9.17, 15) is 4.79 Å². The molecule has 19 heavy (non-hydrogen) atoms. The van der Waals surface area contributed by atoms with E-state index < -0.39 is 11.9 Å². The predicted octanol–water partition coefficient (Wildman–Crippen LogP) is 3.48. The van der Waals surface area contributed by atoms with Crippen LogP contribution in [0.2, 0.25) is 0 Å². The second kappa shape index (κ2) is 7.15. The number of hydrogen-bond donors (Lipinski definition) is 2. The maximum Gasteiger partial charge on any atom is 0.308 e. The molecule has 0 radical (unpaired) electrons. The molecule has 0 saturated carbocycles. The molecule has 0 aliphatic rings. The molecular formula is C14H17BrN2O2. The summed E-state index contributed by atoms with van der Waals surface area (Å²) in [6, 6.07) is 7.39. The molecule has 1 aromatic rings. The van der Waals surface area contributed by atoms with Crippen molar-refractivity contribution in [3.05, 3.63) is 28.2 Å². The lowest BCUT2D eigenvalue weighted by Crippen LogP contribution is -2.24. The fourth-order valence-electron chi connectivity index (χ4n) is 1.84. The number of carbonyl (C=O) groups is 1. The lowest BCUT2D eigenvalue weighted by molar-refractivity contribution is -0.141. The highest BCUT2D eigenvalue weighted by atomic mass is 79.9. The van der Waals surface area contributed by atoms with Crippen molar-refractivity contribution < 1.29 is 9.90 Å². The number of carboxylic acid groups (broad SMARTS) is 1. The molecule has 0 saturated heterocycles. The first-order valence-corrected chi connectivity index (χ1v) is 6.89. The predicted molar refractivity (Wildman–Crippen MR) is 77.9 cm³/mol. The topological polar surface area (TPSA) is 73.1 Å². The van der Waals surface area contributed by atoms with Crippen LogP contribution in [-0.4, -0.2) is 17.6 Å². The first kappa shape index (κ1) is 15.5. The molecule has 0 aliphatic carbocycles. The van der Waals surface area contributed by atoms with E-state index in [0.717, 1.165) is 4.47 Å². The minimum absolute atomic E-state index is 0.322. The van der Waals surface area contributed by atoms with Crippen molar-refractivity contribution in [2.75, 3.05) is 11.9 Å². The van der Waals surface area contributed by atoms with Crippen molar-refractivity contribution in [1.82, 2.24) is 0 Å². The van der Waals surface area contributed by atoms with Crippen LogP contribution in [0.5, 0.6) is 0 Å². The van der Waals surface area contributed by atoms with Crippen molar-refractivity contribution in [2.45, 2.75) is 20.3 Å². The van der Waals surface area contributed by atoms with E-state index in [1.807, 2.05) is 19.9 Å². The second-order valence-corrected chi connectivity index (χ2v) is 5.76. The number of aliphatic carboxylic acids is 1. The molecule has 1 aromatic carbocycles. The Bertz CT molecular complexity index is 495. The Labute approximate surface area is 121 Å². The molecular weight excluding hydrogens is 308 g/mol. The van der Waals surface area contributed by atoms with Crippen LogP contribution in [0.15, 0.2) is 22.7 Å². The average molecular weight is 325 g/mol. The number of halogens is 1. The van der Waals surface area contributed by atoms with E-state index in [4.69, 9.17) is 10.4 Å². The molecule has 1 unspecified atom stereocenters. The zero-order valence-corrected chi connectivity index (χ0v) is 12.6. The highest BCUT2D eigenvalue weighted by Crippen LogP contribution is 2.21. The number of nitrogens with zero attached hydrogens (tertiary/aromatic N) is 1. The van der Waals surface area contributed by atoms with E-state index in [2.05, 4.69) is 27.3 Å². The first-order valence-electron chi connectivity index (χ1n) is 6.10. The average Bonchev–Trinajstić information content (AvgIpc) is 2.34. The van der Waals surface area contributed by atoms with Gasteiger partial charge in [-0.05, 0) is 30.5 Å². The molecule has 5 heteroatoms. The van der Waals surface area contributed by atoms with Gasteiger partial charge in [-0.2, -0.15) is 5.26 Å². The summed E-state index contributed by atoms with van der Waals surface area (Å²) < 4.78 is 0.826. The van der Waals surface area contributed by atoms with Crippen molar-refractivity contribution in [3.63, 3.8) is 0 Å². The molecule has 102 valence electrons. The van der Waals surface area contributed by atoms with Crippen LogP contribution in [0.1, 0.15) is 25.8 Å². The zero-order valence-electron chi connectivity index (χ0n) is 11.0.